The lowest BCUT2D eigenvalue weighted by atomic mass is 9.95. The smallest absolute Gasteiger partial charge is 0.331 e. The molecule has 0 aromatic heterocycles. The quantitative estimate of drug-likeness (QED) is 0.145. The van der Waals surface area contributed by atoms with Gasteiger partial charge in [-0.1, -0.05) is 25.5 Å². The third kappa shape index (κ3) is 12.5. The summed E-state index contributed by atoms with van der Waals surface area (Å²) in [5, 5.41) is 19.0. The molecular weight excluding hydrogens is 497 g/mol. The van der Waals surface area contributed by atoms with Gasteiger partial charge in [-0.05, 0) is 24.3 Å². The molecule has 11 heteroatoms. The number of Topliss-reactive ketones (excluding diaryl/α,β-unsaturated/α-hetero) is 1. The van der Waals surface area contributed by atoms with Gasteiger partial charge in [0, 0.05) is 25.3 Å². The number of nitrogens with zero attached hydrogens (tertiary/aromatic N) is 2. The minimum Gasteiger partial charge on any atom is -0.394 e. The van der Waals surface area contributed by atoms with E-state index in [1.165, 1.54) is 18.5 Å². The van der Waals surface area contributed by atoms with Crippen molar-refractivity contribution in [3.05, 3.63) is 40.5 Å². The molecule has 0 aromatic carbocycles. The van der Waals surface area contributed by atoms with E-state index >= 15 is 4.39 Å². The largest absolute Gasteiger partial charge is 0.394 e. The van der Waals surface area contributed by atoms with E-state index in [9.17, 15) is 9.90 Å². The monoisotopic (exact) mass is 540 g/mol. The Kier molecular flexibility index (Phi) is 17.5. The van der Waals surface area contributed by atoms with E-state index in [4.69, 9.17) is 29.8 Å². The van der Waals surface area contributed by atoms with Gasteiger partial charge in [0.1, 0.15) is 18.4 Å². The van der Waals surface area contributed by atoms with Gasteiger partial charge in [-0.3, -0.25) is 9.79 Å². The highest BCUT2D eigenvalue weighted by Gasteiger charge is 2.39. The lowest BCUT2D eigenvalue weighted by Crippen LogP contribution is -2.48. The molecule has 0 spiro atoms. The Balaban J connectivity index is 2.78. The van der Waals surface area contributed by atoms with Gasteiger partial charge < -0.3 is 34.9 Å². The molecule has 1 fully saturated rings. The van der Waals surface area contributed by atoms with Crippen molar-refractivity contribution in [2.45, 2.75) is 51.5 Å². The number of hydrogen-bond donors (Lipinski definition) is 3. The number of ether oxygens (including phenoxy) is 4. The predicted molar refractivity (Wildman–Crippen MR) is 144 cm³/mol. The van der Waals surface area contributed by atoms with Crippen LogP contribution in [0, 0.1) is 12.0 Å². The fourth-order valence-electron chi connectivity index (χ4n) is 3.34. The highest BCUT2D eigenvalue weighted by molar-refractivity contribution is 5.89. The van der Waals surface area contributed by atoms with Gasteiger partial charge >= 0.3 is 5.70 Å². The average Bonchev–Trinajstić information content (AvgIpc) is 2.90. The molecule has 4 N–H and O–H groups in total. The van der Waals surface area contributed by atoms with Crippen molar-refractivity contribution in [2.24, 2.45) is 16.6 Å². The molecule has 0 radical (unpaired) electrons. The van der Waals surface area contributed by atoms with E-state index in [1.807, 2.05) is 6.92 Å². The van der Waals surface area contributed by atoms with E-state index in [1.54, 1.807) is 26.0 Å². The van der Waals surface area contributed by atoms with Crippen LogP contribution in [0.15, 0.2) is 40.7 Å². The Labute approximate surface area is 224 Å². The number of carbonyl (C=O) groups is 1. The summed E-state index contributed by atoms with van der Waals surface area (Å²) < 4.78 is 37.4. The summed E-state index contributed by atoms with van der Waals surface area (Å²) in [5.74, 6) is -1.37. The van der Waals surface area contributed by atoms with Crippen molar-refractivity contribution < 1.29 is 38.3 Å². The first-order valence-electron chi connectivity index (χ1n) is 12.9. The molecular formula is C27H43FN3O7+. The maximum atomic E-state index is 16.0. The first-order valence-corrected chi connectivity index (χ1v) is 12.9. The summed E-state index contributed by atoms with van der Waals surface area (Å²) in [6.45, 7) is 7.00. The summed E-state index contributed by atoms with van der Waals surface area (Å²) in [5.41, 5.74) is 4.23. The second-order valence-electron chi connectivity index (χ2n) is 8.62. The molecule has 1 aliphatic heterocycles. The Hall–Kier alpha value is -2.30. The molecule has 0 amide bonds. The molecule has 2 unspecified atom stereocenters. The van der Waals surface area contributed by atoms with Crippen LogP contribution in [0.3, 0.4) is 0 Å². The fraction of sp³-hybridized carbons (Fsp3) is 0.667. The first-order chi connectivity index (χ1) is 18.3. The van der Waals surface area contributed by atoms with Crippen molar-refractivity contribution in [1.82, 2.24) is 0 Å². The van der Waals surface area contributed by atoms with Crippen LogP contribution in [0.4, 0.5) is 4.39 Å². The molecule has 1 rings (SSSR count). The lowest BCUT2D eigenvalue weighted by molar-refractivity contribution is -0.155. The second-order valence-corrected chi connectivity index (χ2v) is 8.62. The van der Waals surface area contributed by atoms with E-state index < -0.39 is 36.2 Å². The minimum atomic E-state index is -1.89. The van der Waals surface area contributed by atoms with Crippen LogP contribution < -0.4 is 5.73 Å². The van der Waals surface area contributed by atoms with Crippen LogP contribution in [0.25, 0.3) is 4.85 Å². The molecule has 0 aromatic rings. The number of ketones is 1. The summed E-state index contributed by atoms with van der Waals surface area (Å²) in [6, 6.07) is 2.65. The van der Waals surface area contributed by atoms with Gasteiger partial charge in [-0.25, -0.2) is 4.39 Å². The summed E-state index contributed by atoms with van der Waals surface area (Å²) >= 11 is 0. The van der Waals surface area contributed by atoms with Crippen LogP contribution >= 0.6 is 0 Å². The second kappa shape index (κ2) is 19.7. The molecule has 0 aliphatic carbocycles. The normalized spacial score (nSPS) is 22.6. The standard InChI is InChI=1S/C27H43FN3O7/c1-4-6-7-23(27(28,8-5-2)20-37-14-13-36-12-11-35-10-9-29)17-30-15-21(3)31-16-22-19-38-24(18-32)26(34)25(22)33/h5,7-8,15,17,22,24,26,32,34H,4,6,9-14,18-20,29H2,1-3H3/q+1/b8-5+,21-15+,23-7-,30-17+/t22?,24-,26+,27?/m1/s1. The molecule has 0 bridgehead atoms. The van der Waals surface area contributed by atoms with Crippen LogP contribution in [0.2, 0.25) is 0 Å². The van der Waals surface area contributed by atoms with Crippen molar-refractivity contribution in [3.63, 3.8) is 0 Å². The van der Waals surface area contributed by atoms with Gasteiger partial charge in [-0.15, -0.1) is 0 Å². The Morgan fingerprint density at radius 1 is 1.29 bits per heavy atom. The molecule has 1 aliphatic rings. The third-order valence-corrected chi connectivity index (χ3v) is 5.40. The SMILES string of the molecule is C/C=C/C(F)(COCCOCCOCCN)C(=C\CCC)/C=N/C=C(\C)[N+]#CC1CO[C@H](CO)[C@H](O)C1=O. The van der Waals surface area contributed by atoms with Gasteiger partial charge in [-0.2, -0.15) is 0 Å². The zero-order chi connectivity index (χ0) is 28.2. The number of halogens is 1. The van der Waals surface area contributed by atoms with Gasteiger partial charge in [0.2, 0.25) is 0 Å². The highest BCUT2D eigenvalue weighted by Crippen LogP contribution is 2.25. The molecule has 10 nitrogen and oxygen atoms in total. The van der Waals surface area contributed by atoms with Crippen LogP contribution in [-0.2, 0) is 23.7 Å². The van der Waals surface area contributed by atoms with E-state index in [0.717, 1.165) is 6.42 Å². The molecule has 1 saturated heterocycles. The molecule has 38 heavy (non-hydrogen) atoms. The number of rotatable bonds is 17. The van der Waals surface area contributed by atoms with Crippen molar-refractivity contribution >= 4 is 12.0 Å². The summed E-state index contributed by atoms with van der Waals surface area (Å²) in [6.07, 6.45) is 6.82. The minimum absolute atomic E-state index is 0.0358. The molecule has 0 saturated carbocycles. The number of aliphatic imine (C=N–C) groups is 1. The Bertz CT molecular complexity index is 882. The predicted octanol–water partition coefficient (Wildman–Crippen LogP) is 2.21. The topological polar surface area (TPSA) is 137 Å². The molecule has 1 heterocycles. The number of carbonyl (C=O) groups excluding carboxylic acids is 1. The number of aliphatic hydroxyl groups is 2. The first kappa shape index (κ1) is 33.7. The van der Waals surface area contributed by atoms with E-state index in [-0.39, 0.29) is 19.8 Å². The zero-order valence-electron chi connectivity index (χ0n) is 22.7. The maximum absolute atomic E-state index is 16.0. The number of alkyl halides is 1. The van der Waals surface area contributed by atoms with E-state index in [2.05, 4.69) is 15.9 Å². The fourth-order valence-corrected chi connectivity index (χ4v) is 3.34. The third-order valence-electron chi connectivity index (χ3n) is 5.40. The number of aliphatic hydroxyl groups excluding tert-OH is 2. The Morgan fingerprint density at radius 2 is 1.97 bits per heavy atom. The van der Waals surface area contributed by atoms with Gasteiger partial charge in [0.25, 0.3) is 6.07 Å². The van der Waals surface area contributed by atoms with Gasteiger partial charge in [0.15, 0.2) is 17.4 Å². The van der Waals surface area contributed by atoms with Crippen LogP contribution in [0.1, 0.15) is 33.6 Å². The van der Waals surface area contributed by atoms with Crippen molar-refractivity contribution in [3.8, 4) is 6.07 Å². The molecule has 214 valence electrons. The number of allylic oxidation sites excluding steroid dienone is 3. The maximum Gasteiger partial charge on any atom is 0.331 e. The number of unbranched alkanes of at least 4 members (excludes halogenated alkanes) is 1. The summed E-state index contributed by atoms with van der Waals surface area (Å²) in [7, 11) is 0. The van der Waals surface area contributed by atoms with Crippen molar-refractivity contribution in [2.75, 3.05) is 59.4 Å². The Morgan fingerprint density at radius 3 is 2.61 bits per heavy atom. The molecule has 4 atom stereocenters. The van der Waals surface area contributed by atoms with Crippen molar-refractivity contribution in [1.29, 1.82) is 0 Å². The number of nitrogens with two attached hydrogens (primary N) is 1. The lowest BCUT2D eigenvalue weighted by Gasteiger charge is -2.26. The van der Waals surface area contributed by atoms with Crippen LogP contribution in [-0.4, -0.2) is 99.5 Å². The van der Waals surface area contributed by atoms with Gasteiger partial charge in [0.05, 0.1) is 52.9 Å². The van der Waals surface area contributed by atoms with E-state index in [0.29, 0.717) is 50.7 Å². The number of hydrogen-bond acceptors (Lipinski definition) is 9. The highest BCUT2D eigenvalue weighted by atomic mass is 19.1. The average molecular weight is 541 g/mol. The summed E-state index contributed by atoms with van der Waals surface area (Å²) in [4.78, 5) is 20.5. The zero-order valence-corrected chi connectivity index (χ0v) is 22.7. The van der Waals surface area contributed by atoms with Crippen LogP contribution in [0.5, 0.6) is 0 Å².